The van der Waals surface area contributed by atoms with E-state index in [0.29, 0.717) is 24.2 Å². The van der Waals surface area contributed by atoms with Gasteiger partial charge in [-0.1, -0.05) is 0 Å². The molecule has 4 heterocycles. The van der Waals surface area contributed by atoms with Gasteiger partial charge < -0.3 is 19.3 Å². The van der Waals surface area contributed by atoms with Crippen LogP contribution in [0.5, 0.6) is 0 Å². The molecule has 0 spiro atoms. The smallest absolute Gasteiger partial charge is 0.323 e. The maximum absolute atomic E-state index is 12.9. The fourth-order valence-corrected chi connectivity index (χ4v) is 3.68. The molecule has 1 N–H and O–H groups in total. The normalized spacial score (nSPS) is 20.1. The molecular weight excluding hydrogens is 384 g/mol. The van der Waals surface area contributed by atoms with Crippen molar-refractivity contribution in [3.8, 4) is 0 Å². The number of fused-ring (bicyclic) bond motifs is 2. The van der Waals surface area contributed by atoms with Crippen LogP contribution in [0.2, 0.25) is 0 Å². The van der Waals surface area contributed by atoms with Crippen LogP contribution in [0, 0.1) is 0 Å². The zero-order chi connectivity index (χ0) is 17.0. The molecule has 0 aliphatic carbocycles. The van der Waals surface area contributed by atoms with E-state index in [-0.39, 0.29) is 35.4 Å². The lowest BCUT2D eigenvalue weighted by molar-refractivity contribution is -0.137. The Morgan fingerprint density at radius 2 is 2.25 bits per heavy atom. The molecule has 1 atom stereocenters. The molecule has 2 aromatic rings. The summed E-state index contributed by atoms with van der Waals surface area (Å²) in [6.07, 6.45) is 0.704. The third-order valence-corrected chi connectivity index (χ3v) is 4.76. The number of carboxylic acid groups (broad SMARTS) is 1. The molecule has 0 saturated carbocycles. The summed E-state index contributed by atoms with van der Waals surface area (Å²) in [6, 6.07) is 1.43. The van der Waals surface area contributed by atoms with Gasteiger partial charge in [0, 0.05) is 12.7 Å². The van der Waals surface area contributed by atoms with Crippen LogP contribution in [0.15, 0.2) is 15.5 Å². The topological polar surface area (TPSA) is 106 Å². The van der Waals surface area contributed by atoms with E-state index in [9.17, 15) is 19.5 Å². The van der Waals surface area contributed by atoms with E-state index >= 15 is 0 Å². The van der Waals surface area contributed by atoms with E-state index in [1.54, 1.807) is 4.90 Å². The Hall–Kier alpha value is -2.20. The SMILES string of the molecule is O=C(O)Cn1c2c(c(=O)n3nc(Br)cc13)CN([C@@H]1CCOC1)C2=O. The van der Waals surface area contributed by atoms with E-state index in [1.165, 1.54) is 10.6 Å². The molecule has 2 aromatic heterocycles. The highest BCUT2D eigenvalue weighted by atomic mass is 79.9. The van der Waals surface area contributed by atoms with Crippen LogP contribution < -0.4 is 5.56 Å². The number of rotatable bonds is 3. The van der Waals surface area contributed by atoms with Crippen molar-refractivity contribution in [1.29, 1.82) is 0 Å². The molecule has 9 nitrogen and oxygen atoms in total. The maximum atomic E-state index is 12.9. The molecule has 0 bridgehead atoms. The van der Waals surface area contributed by atoms with Gasteiger partial charge >= 0.3 is 5.97 Å². The molecule has 126 valence electrons. The van der Waals surface area contributed by atoms with Crippen LogP contribution in [-0.2, 0) is 22.6 Å². The predicted molar refractivity (Wildman–Crippen MR) is 83.9 cm³/mol. The average molecular weight is 397 g/mol. The van der Waals surface area contributed by atoms with Crippen LogP contribution in [-0.4, -0.2) is 55.3 Å². The van der Waals surface area contributed by atoms with Crippen molar-refractivity contribution in [2.45, 2.75) is 25.6 Å². The summed E-state index contributed by atoms with van der Waals surface area (Å²) in [6.45, 7) is 0.717. The number of carbonyl (C=O) groups excluding carboxylic acids is 1. The third-order valence-electron chi connectivity index (χ3n) is 4.38. The van der Waals surface area contributed by atoms with Crippen molar-refractivity contribution >= 4 is 33.5 Å². The Balaban J connectivity index is 1.93. The Morgan fingerprint density at radius 1 is 1.46 bits per heavy atom. The Labute approximate surface area is 143 Å². The van der Waals surface area contributed by atoms with Gasteiger partial charge in [0.15, 0.2) is 0 Å². The quantitative estimate of drug-likeness (QED) is 0.787. The number of aliphatic carboxylic acids is 1. The molecule has 2 aliphatic rings. The largest absolute Gasteiger partial charge is 0.480 e. The lowest BCUT2D eigenvalue weighted by atomic mass is 10.2. The second kappa shape index (κ2) is 5.42. The number of aromatic nitrogens is 3. The molecule has 24 heavy (non-hydrogen) atoms. The summed E-state index contributed by atoms with van der Waals surface area (Å²) < 4.78 is 8.20. The van der Waals surface area contributed by atoms with Crippen LogP contribution in [0.25, 0.3) is 5.65 Å². The Kier molecular flexibility index (Phi) is 3.46. The van der Waals surface area contributed by atoms with Crippen molar-refractivity contribution in [3.63, 3.8) is 0 Å². The first-order valence-electron chi connectivity index (χ1n) is 7.39. The van der Waals surface area contributed by atoms with Crippen molar-refractivity contribution in [2.75, 3.05) is 13.2 Å². The van der Waals surface area contributed by atoms with Gasteiger partial charge in [-0.3, -0.25) is 14.4 Å². The van der Waals surface area contributed by atoms with E-state index in [1.807, 2.05) is 0 Å². The molecule has 0 radical (unpaired) electrons. The minimum Gasteiger partial charge on any atom is -0.480 e. The first kappa shape index (κ1) is 15.3. The van der Waals surface area contributed by atoms with Gasteiger partial charge in [0.25, 0.3) is 11.5 Å². The highest BCUT2D eigenvalue weighted by Crippen LogP contribution is 2.27. The van der Waals surface area contributed by atoms with E-state index in [4.69, 9.17) is 4.74 Å². The number of amides is 1. The summed E-state index contributed by atoms with van der Waals surface area (Å²) in [5, 5.41) is 13.3. The fraction of sp³-hybridized carbons (Fsp3) is 0.429. The Bertz CT molecular complexity index is 927. The summed E-state index contributed by atoms with van der Waals surface area (Å²) in [7, 11) is 0. The zero-order valence-corrected chi connectivity index (χ0v) is 14.0. The molecule has 0 aromatic carbocycles. The van der Waals surface area contributed by atoms with E-state index in [0.717, 1.165) is 4.52 Å². The number of nitrogens with zero attached hydrogens (tertiary/aromatic N) is 4. The second-order valence-electron chi connectivity index (χ2n) is 5.80. The van der Waals surface area contributed by atoms with E-state index < -0.39 is 18.1 Å². The summed E-state index contributed by atoms with van der Waals surface area (Å²) in [5.74, 6) is -1.44. The van der Waals surface area contributed by atoms with Gasteiger partial charge in [0.1, 0.15) is 22.5 Å². The first-order valence-corrected chi connectivity index (χ1v) is 8.18. The minimum atomic E-state index is -1.10. The monoisotopic (exact) mass is 396 g/mol. The van der Waals surface area contributed by atoms with Crippen molar-refractivity contribution < 1.29 is 19.4 Å². The number of halogens is 1. The maximum Gasteiger partial charge on any atom is 0.323 e. The molecule has 2 aliphatic heterocycles. The van der Waals surface area contributed by atoms with Gasteiger partial charge in [-0.25, -0.2) is 0 Å². The second-order valence-corrected chi connectivity index (χ2v) is 6.61. The first-order chi connectivity index (χ1) is 11.5. The number of ether oxygens (including phenoxy) is 1. The van der Waals surface area contributed by atoms with Crippen molar-refractivity contribution in [2.24, 2.45) is 0 Å². The van der Waals surface area contributed by atoms with Gasteiger partial charge in [-0.05, 0) is 22.4 Å². The van der Waals surface area contributed by atoms with Gasteiger partial charge in [0.2, 0.25) is 0 Å². The number of carbonyl (C=O) groups is 2. The molecular formula is C14H13BrN4O5. The number of carboxylic acids is 1. The number of hydrogen-bond donors (Lipinski definition) is 1. The summed E-state index contributed by atoms with van der Waals surface area (Å²) >= 11 is 3.19. The molecule has 1 fully saturated rings. The van der Waals surface area contributed by atoms with Crippen molar-refractivity contribution in [1.82, 2.24) is 19.1 Å². The fourth-order valence-electron chi connectivity index (χ4n) is 3.31. The number of hydrogen-bond acceptors (Lipinski definition) is 5. The standard InChI is InChI=1S/C14H13BrN4O5/c15-9-3-10-18(5-11(20)21)12-8(13(22)19(10)16-9)4-17(14(12)23)7-1-2-24-6-7/h3,7H,1-2,4-6H2,(H,20,21)/t7-/m1/s1. The van der Waals surface area contributed by atoms with Crippen molar-refractivity contribution in [3.05, 3.63) is 32.3 Å². The summed E-state index contributed by atoms with van der Waals surface area (Å²) in [4.78, 5) is 38.4. The predicted octanol–water partition coefficient (Wildman–Crippen LogP) is 0.0878. The highest BCUT2D eigenvalue weighted by Gasteiger charge is 2.39. The van der Waals surface area contributed by atoms with Crippen LogP contribution in [0.3, 0.4) is 0 Å². The molecule has 0 unspecified atom stereocenters. The molecule has 10 heteroatoms. The lowest BCUT2D eigenvalue weighted by Crippen LogP contribution is -2.36. The van der Waals surface area contributed by atoms with Crippen LogP contribution >= 0.6 is 15.9 Å². The van der Waals surface area contributed by atoms with E-state index in [2.05, 4.69) is 21.0 Å². The average Bonchev–Trinajstić information content (AvgIpc) is 3.22. The van der Waals surface area contributed by atoms with Crippen LogP contribution in [0.1, 0.15) is 22.5 Å². The van der Waals surface area contributed by atoms with Gasteiger partial charge in [0.05, 0.1) is 24.8 Å². The van der Waals surface area contributed by atoms with Crippen LogP contribution in [0.4, 0.5) is 0 Å². The highest BCUT2D eigenvalue weighted by molar-refractivity contribution is 9.10. The van der Waals surface area contributed by atoms with Gasteiger partial charge in [-0.15, -0.1) is 0 Å². The minimum absolute atomic E-state index is 0.0957. The molecule has 1 saturated heterocycles. The summed E-state index contributed by atoms with van der Waals surface area (Å²) in [5.41, 5.74) is 0.276. The van der Waals surface area contributed by atoms with Gasteiger partial charge in [-0.2, -0.15) is 9.61 Å². The Morgan fingerprint density at radius 3 is 2.92 bits per heavy atom. The third kappa shape index (κ3) is 2.17. The lowest BCUT2D eigenvalue weighted by Gasteiger charge is -2.21. The molecule has 1 amide bonds. The zero-order valence-electron chi connectivity index (χ0n) is 12.4. The molecule has 4 rings (SSSR count).